The van der Waals surface area contributed by atoms with Crippen molar-refractivity contribution >= 4 is 17.7 Å². The molecule has 0 aromatic rings. The van der Waals surface area contributed by atoms with Crippen molar-refractivity contribution in [2.75, 3.05) is 39.3 Å². The largest absolute Gasteiger partial charge is 0.471 e. The van der Waals surface area contributed by atoms with Gasteiger partial charge in [-0.3, -0.25) is 14.4 Å². The van der Waals surface area contributed by atoms with Crippen LogP contribution in [0.1, 0.15) is 39.5 Å². The third kappa shape index (κ3) is 11.0. The second kappa shape index (κ2) is 12.9. The monoisotopic (exact) mass is 503 g/mol. The van der Waals surface area contributed by atoms with E-state index in [1.807, 2.05) is 0 Å². The van der Waals surface area contributed by atoms with Crippen LogP contribution in [-0.4, -0.2) is 90.2 Å². The van der Waals surface area contributed by atoms with Gasteiger partial charge in [-0.2, -0.15) is 39.5 Å². The number of alkyl halides is 9. The van der Waals surface area contributed by atoms with E-state index >= 15 is 0 Å². The summed E-state index contributed by atoms with van der Waals surface area (Å²) in [4.78, 5) is 35.5. The molecule has 0 saturated heterocycles. The Kier molecular flexibility index (Phi) is 12.0. The van der Waals surface area contributed by atoms with Crippen molar-refractivity contribution in [3.63, 3.8) is 0 Å². The van der Waals surface area contributed by atoms with Gasteiger partial charge in [0, 0.05) is 39.3 Å². The highest BCUT2D eigenvalue weighted by Crippen LogP contribution is 2.22. The van der Waals surface area contributed by atoms with Gasteiger partial charge in [0.2, 0.25) is 0 Å². The van der Waals surface area contributed by atoms with Crippen LogP contribution >= 0.6 is 0 Å². The Morgan fingerprint density at radius 3 is 0.879 bits per heavy atom. The Hall–Kier alpha value is -2.22. The lowest BCUT2D eigenvalue weighted by molar-refractivity contribution is -0.187. The van der Waals surface area contributed by atoms with E-state index in [9.17, 15) is 53.9 Å². The molecule has 33 heavy (non-hydrogen) atoms. The number of amides is 3. The summed E-state index contributed by atoms with van der Waals surface area (Å²) in [5, 5.41) is 0. The van der Waals surface area contributed by atoms with E-state index in [1.165, 1.54) is 13.8 Å². The molecular formula is C18H26F9N3O3. The average molecular weight is 503 g/mol. The predicted octanol–water partition coefficient (Wildman–Crippen LogP) is 3.76. The third-order valence-corrected chi connectivity index (χ3v) is 4.29. The SMILES string of the molecule is CCCN(CCCN(CCCN(CCC)C(=O)C(F)(F)F)C(=O)C(F)(F)F)C(=O)C(F)(F)F. The Labute approximate surface area is 184 Å². The molecule has 15 heteroatoms. The van der Waals surface area contributed by atoms with Gasteiger partial charge in [-0.1, -0.05) is 13.8 Å². The molecule has 0 radical (unpaired) electrons. The van der Waals surface area contributed by atoms with Crippen molar-refractivity contribution in [1.29, 1.82) is 0 Å². The molecule has 0 aromatic carbocycles. The van der Waals surface area contributed by atoms with E-state index in [1.54, 1.807) is 0 Å². The van der Waals surface area contributed by atoms with Crippen LogP contribution in [0.4, 0.5) is 39.5 Å². The quantitative estimate of drug-likeness (QED) is 0.381. The fourth-order valence-corrected chi connectivity index (χ4v) is 2.93. The fraction of sp³-hybridized carbons (Fsp3) is 0.833. The summed E-state index contributed by atoms with van der Waals surface area (Å²) in [6, 6.07) is 0. The van der Waals surface area contributed by atoms with Crippen molar-refractivity contribution in [2.45, 2.75) is 58.1 Å². The maximum Gasteiger partial charge on any atom is 0.471 e. The normalized spacial score (nSPS) is 12.5. The van der Waals surface area contributed by atoms with Gasteiger partial charge >= 0.3 is 36.3 Å². The molecule has 0 N–H and O–H groups in total. The first-order chi connectivity index (χ1) is 15.0. The standard InChI is InChI=1S/C18H26F9N3O3/c1-3-7-28(13(31)16(19,20)21)9-5-11-30(15(33)18(25,26)27)12-6-10-29(8-4-2)14(32)17(22,23)24/h3-12H2,1-2H3. The highest BCUT2D eigenvalue weighted by Gasteiger charge is 2.44. The second-order valence-corrected chi connectivity index (χ2v) is 7.08. The zero-order chi connectivity index (χ0) is 26.0. The van der Waals surface area contributed by atoms with E-state index in [0.29, 0.717) is 9.80 Å². The molecule has 0 aliphatic rings. The Bertz CT molecular complexity index is 607. The summed E-state index contributed by atoms with van der Waals surface area (Å²) in [6.45, 7) is -0.185. The smallest absolute Gasteiger partial charge is 0.335 e. The second-order valence-electron chi connectivity index (χ2n) is 7.08. The molecular weight excluding hydrogens is 477 g/mol. The maximum absolute atomic E-state index is 12.9. The molecule has 0 unspecified atom stereocenters. The van der Waals surface area contributed by atoms with Crippen LogP contribution in [0.3, 0.4) is 0 Å². The zero-order valence-corrected chi connectivity index (χ0v) is 18.0. The van der Waals surface area contributed by atoms with Crippen molar-refractivity contribution in [3.05, 3.63) is 0 Å². The van der Waals surface area contributed by atoms with Gasteiger partial charge in [0.15, 0.2) is 0 Å². The summed E-state index contributed by atoms with van der Waals surface area (Å²) < 4.78 is 114. The molecule has 0 heterocycles. The molecule has 0 aromatic heterocycles. The van der Waals surface area contributed by atoms with Gasteiger partial charge in [0.1, 0.15) is 0 Å². The molecule has 6 nitrogen and oxygen atoms in total. The lowest BCUT2D eigenvalue weighted by atomic mass is 10.2. The molecule has 0 spiro atoms. The van der Waals surface area contributed by atoms with Crippen LogP contribution in [-0.2, 0) is 14.4 Å². The number of hydrogen-bond acceptors (Lipinski definition) is 3. The minimum absolute atomic E-state index is 0.146. The van der Waals surface area contributed by atoms with Crippen molar-refractivity contribution in [3.8, 4) is 0 Å². The van der Waals surface area contributed by atoms with Crippen LogP contribution in [0.5, 0.6) is 0 Å². The van der Waals surface area contributed by atoms with Crippen molar-refractivity contribution in [2.24, 2.45) is 0 Å². The Balaban J connectivity index is 5.19. The fourth-order valence-electron chi connectivity index (χ4n) is 2.93. The summed E-state index contributed by atoms with van der Waals surface area (Å²) >= 11 is 0. The summed E-state index contributed by atoms with van der Waals surface area (Å²) in [6.07, 6.45) is -16.2. The van der Waals surface area contributed by atoms with Crippen LogP contribution in [0.25, 0.3) is 0 Å². The van der Waals surface area contributed by atoms with E-state index < -0.39 is 75.3 Å². The first-order valence-corrected chi connectivity index (χ1v) is 10.0. The van der Waals surface area contributed by atoms with E-state index in [0.717, 1.165) is 0 Å². The lowest BCUT2D eigenvalue weighted by Crippen LogP contribution is -2.46. The molecule has 0 saturated carbocycles. The highest BCUT2D eigenvalue weighted by atomic mass is 19.4. The summed E-state index contributed by atoms with van der Waals surface area (Å²) in [5.41, 5.74) is 0. The van der Waals surface area contributed by atoms with E-state index in [-0.39, 0.29) is 30.8 Å². The van der Waals surface area contributed by atoms with E-state index in [2.05, 4.69) is 0 Å². The third-order valence-electron chi connectivity index (χ3n) is 4.29. The van der Waals surface area contributed by atoms with Crippen LogP contribution in [0.2, 0.25) is 0 Å². The van der Waals surface area contributed by atoms with Crippen LogP contribution in [0, 0.1) is 0 Å². The van der Waals surface area contributed by atoms with E-state index in [4.69, 9.17) is 0 Å². The number of halogens is 9. The van der Waals surface area contributed by atoms with Crippen molar-refractivity contribution in [1.82, 2.24) is 14.7 Å². The number of nitrogens with zero attached hydrogens (tertiary/aromatic N) is 3. The molecule has 3 amide bonds. The van der Waals surface area contributed by atoms with Gasteiger partial charge < -0.3 is 14.7 Å². The Morgan fingerprint density at radius 2 is 0.697 bits per heavy atom. The van der Waals surface area contributed by atoms with Gasteiger partial charge in [-0.15, -0.1) is 0 Å². The summed E-state index contributed by atoms with van der Waals surface area (Å²) in [5.74, 6) is -6.66. The molecule has 0 bridgehead atoms. The van der Waals surface area contributed by atoms with Gasteiger partial charge in [-0.25, -0.2) is 0 Å². The van der Waals surface area contributed by atoms with Gasteiger partial charge in [-0.05, 0) is 25.7 Å². The number of carbonyl (C=O) groups excluding carboxylic acids is 3. The molecule has 0 aliphatic carbocycles. The number of hydrogen-bond donors (Lipinski definition) is 0. The average Bonchev–Trinajstić information content (AvgIpc) is 2.67. The topological polar surface area (TPSA) is 60.9 Å². The number of carbonyl (C=O) groups is 3. The lowest BCUT2D eigenvalue weighted by Gasteiger charge is -2.28. The van der Waals surface area contributed by atoms with Crippen LogP contribution in [0.15, 0.2) is 0 Å². The summed E-state index contributed by atoms with van der Waals surface area (Å²) in [7, 11) is 0. The zero-order valence-electron chi connectivity index (χ0n) is 18.0. The molecule has 0 aliphatic heterocycles. The minimum Gasteiger partial charge on any atom is -0.335 e. The van der Waals surface area contributed by atoms with Gasteiger partial charge in [0.05, 0.1) is 0 Å². The minimum atomic E-state index is -5.32. The molecule has 194 valence electrons. The van der Waals surface area contributed by atoms with Crippen molar-refractivity contribution < 1.29 is 53.9 Å². The first kappa shape index (κ1) is 30.8. The predicted molar refractivity (Wildman–Crippen MR) is 97.7 cm³/mol. The number of rotatable bonds is 12. The first-order valence-electron chi connectivity index (χ1n) is 10.0. The molecule has 0 rings (SSSR count). The highest BCUT2D eigenvalue weighted by molar-refractivity contribution is 5.83. The molecule has 0 atom stereocenters. The molecule has 0 fully saturated rings. The van der Waals surface area contributed by atoms with Gasteiger partial charge in [0.25, 0.3) is 0 Å². The Morgan fingerprint density at radius 1 is 0.485 bits per heavy atom. The maximum atomic E-state index is 12.9. The van der Waals surface area contributed by atoms with Crippen LogP contribution < -0.4 is 0 Å².